The van der Waals surface area contributed by atoms with E-state index >= 15 is 0 Å². The van der Waals surface area contributed by atoms with Gasteiger partial charge in [0.1, 0.15) is 11.5 Å². The highest BCUT2D eigenvalue weighted by Crippen LogP contribution is 2.43. The molecule has 0 aromatic heterocycles. The van der Waals surface area contributed by atoms with Gasteiger partial charge in [-0.3, -0.25) is 14.5 Å². The fourth-order valence-electron chi connectivity index (χ4n) is 4.44. The number of aryl methyl sites for hydroxylation is 3. The van der Waals surface area contributed by atoms with E-state index in [9.17, 15) is 14.7 Å². The summed E-state index contributed by atoms with van der Waals surface area (Å²) in [6.45, 7) is 10.5. The predicted molar refractivity (Wildman–Crippen MR) is 139 cm³/mol. The Hall–Kier alpha value is -3.86. The smallest absolute Gasteiger partial charge is 0.300 e. The maximum atomic E-state index is 13.4. The molecule has 1 fully saturated rings. The lowest BCUT2D eigenvalue weighted by molar-refractivity contribution is -0.132. The summed E-state index contributed by atoms with van der Waals surface area (Å²) in [7, 11) is 0. The highest BCUT2D eigenvalue weighted by atomic mass is 16.5. The van der Waals surface area contributed by atoms with Crippen molar-refractivity contribution >= 4 is 23.1 Å². The number of carbonyl (C=O) groups is 2. The van der Waals surface area contributed by atoms with Crippen molar-refractivity contribution < 1.29 is 19.4 Å². The van der Waals surface area contributed by atoms with Crippen LogP contribution in [0, 0.1) is 26.7 Å². The molecule has 0 bridgehead atoms. The van der Waals surface area contributed by atoms with Gasteiger partial charge in [0.15, 0.2) is 0 Å². The van der Waals surface area contributed by atoms with Crippen molar-refractivity contribution in [2.24, 2.45) is 5.92 Å². The normalized spacial score (nSPS) is 17.3. The molecule has 1 heterocycles. The molecule has 1 aliphatic rings. The molecule has 0 spiro atoms. The number of carbonyl (C=O) groups excluding carboxylic acids is 2. The molecule has 0 saturated carbocycles. The maximum absolute atomic E-state index is 13.4. The highest BCUT2D eigenvalue weighted by Gasteiger charge is 2.47. The van der Waals surface area contributed by atoms with E-state index in [1.54, 1.807) is 18.2 Å². The number of amides is 1. The molecule has 5 nitrogen and oxygen atoms in total. The minimum Gasteiger partial charge on any atom is -0.507 e. The number of aliphatic hydroxyl groups excluding tert-OH is 1. The first kappa shape index (κ1) is 24.3. The molecule has 0 aliphatic carbocycles. The van der Waals surface area contributed by atoms with E-state index in [1.165, 1.54) is 4.90 Å². The number of ether oxygens (including phenoxy) is 1. The van der Waals surface area contributed by atoms with Gasteiger partial charge in [0.25, 0.3) is 11.7 Å². The Morgan fingerprint density at radius 2 is 1.69 bits per heavy atom. The van der Waals surface area contributed by atoms with Crippen LogP contribution in [0.25, 0.3) is 5.76 Å². The second-order valence-corrected chi connectivity index (χ2v) is 9.55. The molecule has 180 valence electrons. The number of anilines is 1. The first-order valence-electron chi connectivity index (χ1n) is 11.9. The van der Waals surface area contributed by atoms with Gasteiger partial charge in [-0.1, -0.05) is 50.2 Å². The van der Waals surface area contributed by atoms with Crippen LogP contribution in [-0.4, -0.2) is 23.4 Å². The molecular formula is C30H31NO4. The molecule has 3 aromatic rings. The summed E-state index contributed by atoms with van der Waals surface area (Å²) in [6, 6.07) is 19.7. The van der Waals surface area contributed by atoms with E-state index in [-0.39, 0.29) is 11.3 Å². The summed E-state index contributed by atoms with van der Waals surface area (Å²) in [6.07, 6.45) is 0. The largest absolute Gasteiger partial charge is 0.507 e. The highest BCUT2D eigenvalue weighted by molar-refractivity contribution is 6.51. The molecule has 1 atom stereocenters. The van der Waals surface area contributed by atoms with E-state index in [0.717, 1.165) is 28.0 Å². The van der Waals surface area contributed by atoms with Crippen LogP contribution in [-0.2, 0) is 9.59 Å². The van der Waals surface area contributed by atoms with Crippen LogP contribution in [0.2, 0.25) is 0 Å². The van der Waals surface area contributed by atoms with Gasteiger partial charge in [-0.2, -0.15) is 0 Å². The molecule has 0 radical (unpaired) electrons. The van der Waals surface area contributed by atoms with Crippen LogP contribution in [0.3, 0.4) is 0 Å². The standard InChI is InChI=1S/C30H31NO4/c1-18(2)17-35-25-14-13-22(16-21(25)5)28(32)26-27(24-12-7-6-10-20(24)4)31(30(34)29(26)33)23-11-8-9-19(3)15-23/h6-16,18,27,32H,17H2,1-5H3/b28-26+. The lowest BCUT2D eigenvalue weighted by Gasteiger charge is -2.27. The molecular weight excluding hydrogens is 438 g/mol. The Morgan fingerprint density at radius 1 is 0.943 bits per heavy atom. The van der Waals surface area contributed by atoms with Crippen molar-refractivity contribution in [3.63, 3.8) is 0 Å². The van der Waals surface area contributed by atoms with Crippen LogP contribution < -0.4 is 9.64 Å². The van der Waals surface area contributed by atoms with E-state index in [0.29, 0.717) is 23.8 Å². The third-order valence-electron chi connectivity index (χ3n) is 6.23. The van der Waals surface area contributed by atoms with Crippen molar-refractivity contribution in [1.29, 1.82) is 0 Å². The van der Waals surface area contributed by atoms with Gasteiger partial charge in [0.05, 0.1) is 18.2 Å². The molecule has 1 aliphatic heterocycles. The summed E-state index contributed by atoms with van der Waals surface area (Å²) in [4.78, 5) is 28.2. The van der Waals surface area contributed by atoms with Gasteiger partial charge in [-0.05, 0) is 79.3 Å². The van der Waals surface area contributed by atoms with Crippen molar-refractivity contribution in [3.05, 3.63) is 100 Å². The van der Waals surface area contributed by atoms with Gasteiger partial charge in [-0.15, -0.1) is 0 Å². The van der Waals surface area contributed by atoms with E-state index in [2.05, 4.69) is 13.8 Å². The zero-order valence-electron chi connectivity index (χ0n) is 20.8. The Labute approximate surface area is 206 Å². The van der Waals surface area contributed by atoms with E-state index in [4.69, 9.17) is 4.74 Å². The molecule has 1 amide bonds. The summed E-state index contributed by atoms with van der Waals surface area (Å²) >= 11 is 0. The summed E-state index contributed by atoms with van der Waals surface area (Å²) in [5.74, 6) is -0.431. The summed E-state index contributed by atoms with van der Waals surface area (Å²) < 4.78 is 5.86. The van der Waals surface area contributed by atoms with Gasteiger partial charge in [0.2, 0.25) is 0 Å². The van der Waals surface area contributed by atoms with E-state index in [1.807, 2.05) is 69.3 Å². The first-order valence-corrected chi connectivity index (χ1v) is 11.9. The van der Waals surface area contributed by atoms with Crippen LogP contribution in [0.15, 0.2) is 72.3 Å². The first-order chi connectivity index (χ1) is 16.7. The zero-order chi connectivity index (χ0) is 25.3. The minimum absolute atomic E-state index is 0.0843. The van der Waals surface area contributed by atoms with Gasteiger partial charge in [0, 0.05) is 11.3 Å². The lowest BCUT2D eigenvalue weighted by atomic mass is 9.92. The Morgan fingerprint density at radius 3 is 2.34 bits per heavy atom. The molecule has 3 aromatic carbocycles. The fraction of sp³-hybridized carbons (Fsp3) is 0.267. The fourth-order valence-corrected chi connectivity index (χ4v) is 4.44. The average molecular weight is 470 g/mol. The molecule has 35 heavy (non-hydrogen) atoms. The predicted octanol–water partition coefficient (Wildman–Crippen LogP) is 6.27. The Bertz CT molecular complexity index is 1320. The van der Waals surface area contributed by atoms with Crippen LogP contribution in [0.5, 0.6) is 5.75 Å². The second-order valence-electron chi connectivity index (χ2n) is 9.55. The Balaban J connectivity index is 1.87. The number of nitrogens with zero attached hydrogens (tertiary/aromatic N) is 1. The summed E-state index contributed by atoms with van der Waals surface area (Å²) in [5, 5.41) is 11.4. The van der Waals surface area contributed by atoms with Crippen molar-refractivity contribution in [1.82, 2.24) is 0 Å². The number of hydrogen-bond acceptors (Lipinski definition) is 4. The topological polar surface area (TPSA) is 66.8 Å². The maximum Gasteiger partial charge on any atom is 0.300 e. The quantitative estimate of drug-likeness (QED) is 0.262. The van der Waals surface area contributed by atoms with Crippen LogP contribution >= 0.6 is 0 Å². The zero-order valence-corrected chi connectivity index (χ0v) is 20.8. The van der Waals surface area contributed by atoms with Gasteiger partial charge >= 0.3 is 0 Å². The van der Waals surface area contributed by atoms with Crippen LogP contribution in [0.1, 0.15) is 47.7 Å². The van der Waals surface area contributed by atoms with Gasteiger partial charge in [-0.25, -0.2) is 0 Å². The number of ketones is 1. The molecule has 1 unspecified atom stereocenters. The monoisotopic (exact) mass is 469 g/mol. The Kier molecular flexibility index (Phi) is 6.79. The molecule has 4 rings (SSSR count). The van der Waals surface area contributed by atoms with Crippen molar-refractivity contribution in [2.75, 3.05) is 11.5 Å². The number of aliphatic hydroxyl groups is 1. The number of benzene rings is 3. The SMILES string of the molecule is Cc1cccc(N2C(=O)C(=O)/C(=C(/O)c3ccc(OCC(C)C)c(C)c3)C2c2ccccc2C)c1. The second kappa shape index (κ2) is 9.79. The number of hydrogen-bond donors (Lipinski definition) is 1. The number of Topliss-reactive ketones (excluding diaryl/α,β-unsaturated/α-hetero) is 1. The third kappa shape index (κ3) is 4.72. The molecule has 1 N–H and O–H groups in total. The average Bonchev–Trinajstić information content (AvgIpc) is 3.08. The van der Waals surface area contributed by atoms with Crippen molar-refractivity contribution in [2.45, 2.75) is 40.7 Å². The minimum atomic E-state index is -0.741. The lowest BCUT2D eigenvalue weighted by Crippen LogP contribution is -2.29. The molecule has 1 saturated heterocycles. The van der Waals surface area contributed by atoms with E-state index < -0.39 is 17.7 Å². The third-order valence-corrected chi connectivity index (χ3v) is 6.23. The number of rotatable bonds is 6. The van der Waals surface area contributed by atoms with Crippen molar-refractivity contribution in [3.8, 4) is 5.75 Å². The van der Waals surface area contributed by atoms with Gasteiger partial charge < -0.3 is 9.84 Å². The molecule has 5 heteroatoms. The van der Waals surface area contributed by atoms with Crippen LogP contribution in [0.4, 0.5) is 5.69 Å². The summed E-state index contributed by atoms with van der Waals surface area (Å²) in [5.41, 5.74) is 4.71.